The first-order valence-electron chi connectivity index (χ1n) is 5.31. The number of nitriles is 1. The van der Waals surface area contributed by atoms with Gasteiger partial charge in [-0.2, -0.15) is 5.26 Å². The lowest BCUT2D eigenvalue weighted by atomic mass is 10.0. The molecule has 1 aromatic heterocycles. The maximum Gasteiger partial charge on any atom is 0.336 e. The average Bonchev–Trinajstić information content (AvgIpc) is 2.37. The summed E-state index contributed by atoms with van der Waals surface area (Å²) in [6.07, 6.45) is 0.307. The van der Waals surface area contributed by atoms with Gasteiger partial charge < -0.3 is 14.9 Å². The lowest BCUT2D eigenvalue weighted by molar-refractivity contribution is 0.398. The van der Waals surface area contributed by atoms with Crippen LogP contribution in [0.4, 0.5) is 0 Å². The van der Waals surface area contributed by atoms with Crippen molar-refractivity contribution in [1.82, 2.24) is 0 Å². The monoisotopic (exact) mass is 240 g/mol. The number of nitrogens with zero attached hydrogens (tertiary/aromatic N) is 1. The van der Waals surface area contributed by atoms with Gasteiger partial charge in [-0.1, -0.05) is 0 Å². The Hall–Kier alpha value is -2.74. The van der Waals surface area contributed by atoms with Crippen LogP contribution in [0.25, 0.3) is 11.0 Å². The van der Waals surface area contributed by atoms with Crippen molar-refractivity contribution in [3.8, 4) is 11.8 Å². The highest BCUT2D eigenvalue weighted by molar-refractivity contribution is 5.83. The minimum Gasteiger partial charge on any atom is -0.440 e. The van der Waals surface area contributed by atoms with Gasteiger partial charge in [-0.05, 0) is 18.2 Å². The van der Waals surface area contributed by atoms with Gasteiger partial charge in [0.25, 0.3) is 0 Å². The number of rotatable bonds is 0. The third-order valence-electron chi connectivity index (χ3n) is 2.86. The fraction of sp³-hybridized carbons (Fsp3) is 0.0769. The third kappa shape index (κ3) is 1.44. The summed E-state index contributed by atoms with van der Waals surface area (Å²) in [5.74, 6) is 0.621. The Kier molecular flexibility index (Phi) is 2.10. The zero-order valence-electron chi connectivity index (χ0n) is 9.27. The van der Waals surface area contributed by atoms with Crippen LogP contribution in [0, 0.1) is 11.3 Å². The Morgan fingerprint density at radius 3 is 2.83 bits per heavy atom. The standard InChI is InChI=1S/C13H8N2O3/c14-6-8-5-9-10(17-13(8)15)3-1-7-2-4-11(16)18-12(7)9/h1-4H,5,15H2. The maximum atomic E-state index is 11.3. The number of ether oxygens (including phenoxy) is 1. The Labute approximate surface area is 102 Å². The van der Waals surface area contributed by atoms with Gasteiger partial charge in [-0.25, -0.2) is 4.79 Å². The normalized spacial score (nSPS) is 13.9. The molecular weight excluding hydrogens is 232 g/mol. The summed E-state index contributed by atoms with van der Waals surface area (Å²) < 4.78 is 10.5. The summed E-state index contributed by atoms with van der Waals surface area (Å²) in [5, 5.41) is 9.74. The molecule has 2 heterocycles. The van der Waals surface area contributed by atoms with Crippen LogP contribution in [0.5, 0.6) is 5.75 Å². The molecule has 3 rings (SSSR count). The summed E-state index contributed by atoms with van der Waals surface area (Å²) in [5.41, 5.74) is 6.64. The van der Waals surface area contributed by atoms with Gasteiger partial charge in [0.05, 0.1) is 5.57 Å². The summed E-state index contributed by atoms with van der Waals surface area (Å²) in [4.78, 5) is 11.3. The molecule has 2 N–H and O–H groups in total. The number of nitrogens with two attached hydrogens (primary N) is 1. The van der Waals surface area contributed by atoms with Gasteiger partial charge >= 0.3 is 5.63 Å². The molecule has 88 valence electrons. The van der Waals surface area contributed by atoms with Crippen molar-refractivity contribution >= 4 is 11.0 Å². The molecule has 0 aliphatic carbocycles. The quantitative estimate of drug-likeness (QED) is 0.703. The van der Waals surface area contributed by atoms with E-state index in [4.69, 9.17) is 20.1 Å². The number of hydrogen-bond donors (Lipinski definition) is 1. The van der Waals surface area contributed by atoms with Gasteiger partial charge in [0.1, 0.15) is 17.4 Å². The summed E-state index contributed by atoms with van der Waals surface area (Å²) in [6, 6.07) is 8.54. The molecule has 0 saturated heterocycles. The van der Waals surface area contributed by atoms with Crippen LogP contribution in [0.3, 0.4) is 0 Å². The van der Waals surface area contributed by atoms with Gasteiger partial charge in [-0.15, -0.1) is 0 Å². The Morgan fingerprint density at radius 1 is 1.28 bits per heavy atom. The van der Waals surface area contributed by atoms with Gasteiger partial charge in [-0.3, -0.25) is 0 Å². The predicted octanol–water partition coefficient (Wildman–Crippen LogP) is 1.42. The molecule has 1 aromatic carbocycles. The van der Waals surface area contributed by atoms with E-state index in [-0.39, 0.29) is 5.88 Å². The van der Waals surface area contributed by atoms with E-state index in [1.807, 2.05) is 6.07 Å². The van der Waals surface area contributed by atoms with Crippen molar-refractivity contribution in [3.05, 3.63) is 51.7 Å². The minimum absolute atomic E-state index is 0.0997. The molecule has 2 aromatic rings. The smallest absolute Gasteiger partial charge is 0.336 e. The Bertz CT molecular complexity index is 781. The van der Waals surface area contributed by atoms with Crippen LogP contribution in [0.15, 0.2) is 44.9 Å². The zero-order chi connectivity index (χ0) is 12.7. The van der Waals surface area contributed by atoms with E-state index in [0.717, 1.165) is 5.39 Å². The molecule has 1 aliphatic heterocycles. The van der Waals surface area contributed by atoms with Crippen LogP contribution in [-0.4, -0.2) is 0 Å². The molecule has 5 heteroatoms. The van der Waals surface area contributed by atoms with E-state index in [1.165, 1.54) is 6.07 Å². The van der Waals surface area contributed by atoms with Crippen LogP contribution in [-0.2, 0) is 6.42 Å². The van der Waals surface area contributed by atoms with E-state index in [2.05, 4.69) is 0 Å². The largest absolute Gasteiger partial charge is 0.440 e. The van der Waals surface area contributed by atoms with Crippen LogP contribution in [0.2, 0.25) is 0 Å². The second-order valence-corrected chi connectivity index (χ2v) is 3.95. The van der Waals surface area contributed by atoms with Gasteiger partial charge in [0, 0.05) is 23.4 Å². The van der Waals surface area contributed by atoms with Gasteiger partial charge in [0.2, 0.25) is 5.88 Å². The summed E-state index contributed by atoms with van der Waals surface area (Å²) in [6.45, 7) is 0. The molecule has 0 spiro atoms. The highest BCUT2D eigenvalue weighted by atomic mass is 16.5. The molecule has 0 bridgehead atoms. The Balaban J connectivity index is 2.30. The maximum absolute atomic E-state index is 11.3. The zero-order valence-corrected chi connectivity index (χ0v) is 9.27. The van der Waals surface area contributed by atoms with E-state index >= 15 is 0 Å². The molecule has 0 amide bonds. The first kappa shape index (κ1) is 10.4. The first-order valence-corrected chi connectivity index (χ1v) is 5.31. The molecule has 0 saturated carbocycles. The predicted molar refractivity (Wildman–Crippen MR) is 63.6 cm³/mol. The molecule has 0 unspecified atom stereocenters. The number of hydrogen-bond acceptors (Lipinski definition) is 5. The molecule has 0 atom stereocenters. The number of fused-ring (bicyclic) bond motifs is 3. The van der Waals surface area contributed by atoms with E-state index in [9.17, 15) is 4.79 Å². The Morgan fingerprint density at radius 2 is 2.06 bits per heavy atom. The first-order chi connectivity index (χ1) is 8.69. The van der Waals surface area contributed by atoms with Crippen molar-refractivity contribution in [2.24, 2.45) is 5.73 Å². The SMILES string of the molecule is N#CC1=C(N)Oc2ccc3ccc(=O)oc3c2C1. The second-order valence-electron chi connectivity index (χ2n) is 3.95. The second kappa shape index (κ2) is 3.64. The van der Waals surface area contributed by atoms with Crippen molar-refractivity contribution < 1.29 is 9.15 Å². The van der Waals surface area contributed by atoms with E-state index in [1.54, 1.807) is 18.2 Å². The van der Waals surface area contributed by atoms with Crippen molar-refractivity contribution in [2.75, 3.05) is 0 Å². The summed E-state index contributed by atoms with van der Waals surface area (Å²) in [7, 11) is 0. The van der Waals surface area contributed by atoms with Gasteiger partial charge in [0.15, 0.2) is 0 Å². The van der Waals surface area contributed by atoms with Crippen molar-refractivity contribution in [3.63, 3.8) is 0 Å². The lowest BCUT2D eigenvalue weighted by Gasteiger charge is -2.18. The highest BCUT2D eigenvalue weighted by Gasteiger charge is 2.21. The number of benzene rings is 1. The topological polar surface area (TPSA) is 89.3 Å². The molecule has 18 heavy (non-hydrogen) atoms. The van der Waals surface area contributed by atoms with E-state index < -0.39 is 5.63 Å². The highest BCUT2D eigenvalue weighted by Crippen LogP contribution is 2.33. The van der Waals surface area contributed by atoms with Crippen LogP contribution >= 0.6 is 0 Å². The van der Waals surface area contributed by atoms with E-state index in [0.29, 0.717) is 28.9 Å². The van der Waals surface area contributed by atoms with Crippen LogP contribution in [0.1, 0.15) is 5.56 Å². The van der Waals surface area contributed by atoms with Crippen molar-refractivity contribution in [2.45, 2.75) is 6.42 Å². The fourth-order valence-electron chi connectivity index (χ4n) is 1.97. The fourth-order valence-corrected chi connectivity index (χ4v) is 1.97. The molecule has 0 fully saturated rings. The minimum atomic E-state index is -0.433. The molecule has 1 aliphatic rings. The average molecular weight is 240 g/mol. The third-order valence-corrected chi connectivity index (χ3v) is 2.86. The molecular formula is C13H8N2O3. The lowest BCUT2D eigenvalue weighted by Crippen LogP contribution is -2.16. The molecule has 5 nitrogen and oxygen atoms in total. The number of allylic oxidation sites excluding steroid dienone is 1. The van der Waals surface area contributed by atoms with Crippen LogP contribution < -0.4 is 16.1 Å². The molecule has 0 radical (unpaired) electrons. The van der Waals surface area contributed by atoms with Crippen molar-refractivity contribution in [1.29, 1.82) is 5.26 Å². The summed E-state index contributed by atoms with van der Waals surface area (Å²) >= 11 is 0.